The zero-order valence-corrected chi connectivity index (χ0v) is 12.1. The second-order valence-electron chi connectivity index (χ2n) is 4.61. The number of nitrogens with one attached hydrogen (secondary N) is 2. The molecule has 0 radical (unpaired) electrons. The van der Waals surface area contributed by atoms with E-state index in [-0.39, 0.29) is 5.97 Å². The second kappa shape index (κ2) is 7.99. The van der Waals surface area contributed by atoms with Gasteiger partial charge in [-0.25, -0.2) is 0 Å². The number of hydrogen-bond acceptors (Lipinski definition) is 4. The van der Waals surface area contributed by atoms with Crippen molar-refractivity contribution in [2.45, 2.75) is 26.7 Å². The first-order chi connectivity index (χ1) is 9.18. The van der Waals surface area contributed by atoms with Crippen molar-refractivity contribution in [2.75, 3.05) is 40.0 Å². The Morgan fingerprint density at radius 2 is 1.84 bits per heavy atom. The summed E-state index contributed by atoms with van der Waals surface area (Å²) < 4.78 is 10.3. The summed E-state index contributed by atoms with van der Waals surface area (Å²) in [6.07, 6.45) is 1.32. The third-order valence-electron chi connectivity index (χ3n) is 3.30. The predicted octanol–water partition coefficient (Wildman–Crippen LogP) is 0.531. The summed E-state index contributed by atoms with van der Waals surface area (Å²) in [6, 6.07) is 0. The third-order valence-corrected chi connectivity index (χ3v) is 3.30. The van der Waals surface area contributed by atoms with E-state index < -0.39 is 5.41 Å². The van der Waals surface area contributed by atoms with Crippen molar-refractivity contribution in [3.63, 3.8) is 0 Å². The van der Waals surface area contributed by atoms with E-state index in [1.807, 2.05) is 13.8 Å². The van der Waals surface area contributed by atoms with Crippen LogP contribution in [0.5, 0.6) is 0 Å². The molecule has 1 aliphatic rings. The van der Waals surface area contributed by atoms with Crippen LogP contribution in [0, 0.1) is 5.41 Å². The van der Waals surface area contributed by atoms with E-state index in [9.17, 15) is 4.79 Å². The quantitative estimate of drug-likeness (QED) is 0.433. The first-order valence-corrected chi connectivity index (χ1v) is 6.87. The van der Waals surface area contributed by atoms with Crippen LogP contribution >= 0.6 is 0 Å². The van der Waals surface area contributed by atoms with E-state index in [4.69, 9.17) is 9.47 Å². The zero-order chi connectivity index (χ0) is 14.1. The predicted molar refractivity (Wildman–Crippen MR) is 74.2 cm³/mol. The molecule has 0 aromatic rings. The number of carbonyl (C=O) groups is 1. The molecule has 0 aliphatic carbocycles. The largest absolute Gasteiger partial charge is 0.469 e. The highest BCUT2D eigenvalue weighted by atomic mass is 16.5. The van der Waals surface area contributed by atoms with Gasteiger partial charge in [-0.15, -0.1) is 0 Å². The lowest BCUT2D eigenvalue weighted by Gasteiger charge is -2.33. The van der Waals surface area contributed by atoms with E-state index in [0.717, 1.165) is 19.0 Å². The van der Waals surface area contributed by atoms with Gasteiger partial charge in [-0.1, -0.05) is 0 Å². The van der Waals surface area contributed by atoms with Gasteiger partial charge < -0.3 is 20.1 Å². The Kier molecular flexibility index (Phi) is 6.62. The van der Waals surface area contributed by atoms with Gasteiger partial charge in [0.15, 0.2) is 5.96 Å². The Bertz CT molecular complexity index is 304. The molecule has 6 heteroatoms. The molecule has 1 fully saturated rings. The smallest absolute Gasteiger partial charge is 0.313 e. The van der Waals surface area contributed by atoms with Crippen molar-refractivity contribution in [2.24, 2.45) is 10.4 Å². The number of carbonyl (C=O) groups excluding carboxylic acids is 1. The molecule has 0 bridgehead atoms. The monoisotopic (exact) mass is 271 g/mol. The fraction of sp³-hybridized carbons (Fsp3) is 0.846. The molecule has 0 atom stereocenters. The molecule has 0 aromatic heterocycles. The average molecular weight is 271 g/mol. The van der Waals surface area contributed by atoms with Gasteiger partial charge in [-0.2, -0.15) is 0 Å². The molecule has 1 saturated heterocycles. The molecule has 110 valence electrons. The van der Waals surface area contributed by atoms with Crippen LogP contribution in [-0.2, 0) is 14.3 Å². The van der Waals surface area contributed by atoms with Gasteiger partial charge in [0.25, 0.3) is 0 Å². The van der Waals surface area contributed by atoms with Gasteiger partial charge in [0, 0.05) is 26.3 Å². The summed E-state index contributed by atoms with van der Waals surface area (Å²) in [4.78, 5) is 16.5. The summed E-state index contributed by atoms with van der Waals surface area (Å²) in [5, 5.41) is 6.31. The summed E-state index contributed by atoms with van der Waals surface area (Å²) in [7, 11) is 1.43. The average Bonchev–Trinajstić information content (AvgIpc) is 2.45. The van der Waals surface area contributed by atoms with Crippen LogP contribution in [0.2, 0.25) is 0 Å². The van der Waals surface area contributed by atoms with Crippen molar-refractivity contribution in [3.8, 4) is 0 Å². The van der Waals surface area contributed by atoms with Crippen LogP contribution in [0.15, 0.2) is 4.99 Å². The molecule has 0 saturated carbocycles. The molecule has 19 heavy (non-hydrogen) atoms. The standard InChI is InChI=1S/C13H25N3O3/c1-4-14-12(15-5-2)16-10-13(11(17)18-3)6-8-19-9-7-13/h4-10H2,1-3H3,(H2,14,15,16). The first-order valence-electron chi connectivity index (χ1n) is 6.87. The van der Waals surface area contributed by atoms with Crippen LogP contribution in [0.4, 0.5) is 0 Å². The lowest BCUT2D eigenvalue weighted by Crippen LogP contribution is -2.43. The fourth-order valence-electron chi connectivity index (χ4n) is 2.15. The van der Waals surface area contributed by atoms with Gasteiger partial charge in [0.2, 0.25) is 0 Å². The molecule has 1 aliphatic heterocycles. The molecule has 6 nitrogen and oxygen atoms in total. The van der Waals surface area contributed by atoms with Gasteiger partial charge in [-0.05, 0) is 26.7 Å². The number of methoxy groups -OCH3 is 1. The molecule has 0 unspecified atom stereocenters. The molecule has 1 heterocycles. The van der Waals surface area contributed by atoms with Gasteiger partial charge in [-0.3, -0.25) is 9.79 Å². The highest BCUT2D eigenvalue weighted by Crippen LogP contribution is 2.32. The van der Waals surface area contributed by atoms with Crippen LogP contribution in [-0.4, -0.2) is 51.9 Å². The maximum absolute atomic E-state index is 12.0. The molecule has 0 spiro atoms. The van der Waals surface area contributed by atoms with Crippen molar-refractivity contribution in [1.29, 1.82) is 0 Å². The highest BCUT2D eigenvalue weighted by Gasteiger charge is 2.41. The van der Waals surface area contributed by atoms with Crippen molar-refractivity contribution in [1.82, 2.24) is 10.6 Å². The summed E-state index contributed by atoms with van der Waals surface area (Å²) in [5.41, 5.74) is -0.539. The molecular weight excluding hydrogens is 246 g/mol. The van der Waals surface area contributed by atoms with E-state index in [2.05, 4.69) is 15.6 Å². The molecule has 0 aromatic carbocycles. The van der Waals surface area contributed by atoms with Crippen LogP contribution < -0.4 is 10.6 Å². The fourth-order valence-corrected chi connectivity index (χ4v) is 2.15. The number of nitrogens with zero attached hydrogens (tertiary/aromatic N) is 1. The minimum atomic E-state index is -0.539. The third kappa shape index (κ3) is 4.38. The Hall–Kier alpha value is -1.30. The minimum absolute atomic E-state index is 0.188. The Morgan fingerprint density at radius 3 is 2.32 bits per heavy atom. The summed E-state index contributed by atoms with van der Waals surface area (Å²) >= 11 is 0. The van der Waals surface area contributed by atoms with Crippen molar-refractivity contribution >= 4 is 11.9 Å². The summed E-state index contributed by atoms with van der Waals surface area (Å²) in [6.45, 7) is 7.21. The molecule has 0 amide bonds. The Morgan fingerprint density at radius 1 is 1.26 bits per heavy atom. The first kappa shape index (κ1) is 15.8. The molecule has 1 rings (SSSR count). The number of ether oxygens (including phenoxy) is 2. The number of esters is 1. The van der Waals surface area contributed by atoms with E-state index in [1.165, 1.54) is 7.11 Å². The Balaban J connectivity index is 2.76. The maximum atomic E-state index is 12.0. The van der Waals surface area contributed by atoms with E-state index in [1.54, 1.807) is 0 Å². The Labute approximate surface area is 114 Å². The number of guanidine groups is 1. The topological polar surface area (TPSA) is 72.0 Å². The van der Waals surface area contributed by atoms with E-state index >= 15 is 0 Å². The normalized spacial score (nSPS) is 17.4. The number of aliphatic imine (C=N–C) groups is 1. The minimum Gasteiger partial charge on any atom is -0.469 e. The molecule has 2 N–H and O–H groups in total. The number of rotatable bonds is 5. The van der Waals surface area contributed by atoms with E-state index in [0.29, 0.717) is 32.6 Å². The lowest BCUT2D eigenvalue weighted by molar-refractivity contribution is -0.157. The van der Waals surface area contributed by atoms with Crippen molar-refractivity contribution < 1.29 is 14.3 Å². The zero-order valence-electron chi connectivity index (χ0n) is 12.1. The summed E-state index contributed by atoms with van der Waals surface area (Å²) in [5.74, 6) is 0.548. The van der Waals surface area contributed by atoms with Crippen molar-refractivity contribution in [3.05, 3.63) is 0 Å². The highest BCUT2D eigenvalue weighted by molar-refractivity contribution is 5.81. The molecular formula is C13H25N3O3. The second-order valence-corrected chi connectivity index (χ2v) is 4.61. The van der Waals surface area contributed by atoms with Gasteiger partial charge in [0.1, 0.15) is 0 Å². The van der Waals surface area contributed by atoms with Gasteiger partial charge >= 0.3 is 5.97 Å². The van der Waals surface area contributed by atoms with Crippen LogP contribution in [0.25, 0.3) is 0 Å². The van der Waals surface area contributed by atoms with Gasteiger partial charge in [0.05, 0.1) is 19.1 Å². The van der Waals surface area contributed by atoms with Crippen LogP contribution in [0.1, 0.15) is 26.7 Å². The SMILES string of the molecule is CCNC(=NCC1(C(=O)OC)CCOCC1)NCC. The van der Waals surface area contributed by atoms with Crippen LogP contribution in [0.3, 0.4) is 0 Å². The maximum Gasteiger partial charge on any atom is 0.313 e. The lowest BCUT2D eigenvalue weighted by atomic mass is 9.80. The number of hydrogen-bond donors (Lipinski definition) is 2.